The van der Waals surface area contributed by atoms with Crippen LogP contribution >= 0.6 is 0 Å². The van der Waals surface area contributed by atoms with Crippen LogP contribution in [0.1, 0.15) is 0 Å². The number of nitrogens with zero attached hydrogens (tertiary/aromatic N) is 4. The Morgan fingerprint density at radius 1 is 1.09 bits per heavy atom. The van der Waals surface area contributed by atoms with Crippen LogP contribution in [0.2, 0.25) is 0 Å². The van der Waals surface area contributed by atoms with Gasteiger partial charge in [-0.2, -0.15) is 5.10 Å². The maximum absolute atomic E-state index is 10.4. The third kappa shape index (κ3) is 4.75. The molecule has 1 fully saturated rings. The van der Waals surface area contributed by atoms with Gasteiger partial charge in [0.25, 0.3) is 0 Å². The van der Waals surface area contributed by atoms with Crippen molar-refractivity contribution in [2.45, 2.75) is 5.60 Å². The molecule has 1 aliphatic heterocycles. The van der Waals surface area contributed by atoms with Crippen molar-refractivity contribution in [3.05, 3.63) is 55.0 Å². The first-order chi connectivity index (χ1) is 17.0. The summed E-state index contributed by atoms with van der Waals surface area (Å²) in [5.41, 5.74) is 4.03. The number of hydrogen-bond donors (Lipinski definition) is 3. The lowest BCUT2D eigenvalue weighted by Gasteiger charge is -2.32. The molecule has 178 valence electrons. The summed E-state index contributed by atoms with van der Waals surface area (Å²) in [6, 6.07) is 11.6. The van der Waals surface area contributed by atoms with Crippen molar-refractivity contribution in [3.63, 3.8) is 0 Å². The van der Waals surface area contributed by atoms with E-state index in [0.717, 1.165) is 33.7 Å². The van der Waals surface area contributed by atoms with E-state index in [4.69, 9.17) is 14.5 Å². The fourth-order valence-electron chi connectivity index (χ4n) is 3.91. The molecule has 2 aromatic heterocycles. The lowest BCUT2D eigenvalue weighted by Crippen LogP contribution is -2.58. The molecule has 0 bridgehead atoms. The van der Waals surface area contributed by atoms with Gasteiger partial charge in [-0.1, -0.05) is 11.8 Å². The fourth-order valence-corrected chi connectivity index (χ4v) is 3.91. The van der Waals surface area contributed by atoms with Crippen LogP contribution in [-0.4, -0.2) is 59.6 Å². The first kappa shape index (κ1) is 22.7. The molecule has 4 aromatic rings. The van der Waals surface area contributed by atoms with Gasteiger partial charge < -0.3 is 24.8 Å². The van der Waals surface area contributed by atoms with Crippen LogP contribution in [0, 0.1) is 11.8 Å². The summed E-state index contributed by atoms with van der Waals surface area (Å²) in [5.74, 6) is 7.48. The third-order valence-electron chi connectivity index (χ3n) is 5.93. The quantitative estimate of drug-likeness (QED) is 0.292. The van der Waals surface area contributed by atoms with Crippen LogP contribution in [0.5, 0.6) is 11.5 Å². The summed E-state index contributed by atoms with van der Waals surface area (Å²) in [4.78, 5) is 11.5. The number of aromatic nitrogens is 4. The van der Waals surface area contributed by atoms with Gasteiger partial charge in [-0.3, -0.25) is 4.98 Å². The minimum absolute atomic E-state index is 0.352. The number of hydrogen-bond acceptors (Lipinski definition) is 7. The SMILES string of the molecule is COc1cc(OC)cc(N(CC#CC2(O)CNC2)c2ccc3ncc(-c4c[nH][n+](C)c4)nc3c2)c1. The number of ether oxygens (including phenoxy) is 2. The normalized spacial score (nSPS) is 14.1. The number of H-pyrrole nitrogens is 1. The first-order valence-electron chi connectivity index (χ1n) is 11.2. The number of rotatable bonds is 6. The number of aromatic amines is 1. The minimum Gasteiger partial charge on any atom is -0.497 e. The highest BCUT2D eigenvalue weighted by Gasteiger charge is 2.31. The Morgan fingerprint density at radius 2 is 1.86 bits per heavy atom. The van der Waals surface area contributed by atoms with Crippen LogP contribution in [0.3, 0.4) is 0 Å². The molecule has 3 heterocycles. The Morgan fingerprint density at radius 3 is 2.49 bits per heavy atom. The molecule has 2 aromatic carbocycles. The Hall–Kier alpha value is -4.13. The molecule has 0 saturated carbocycles. The molecule has 1 aliphatic rings. The van der Waals surface area contributed by atoms with Crippen molar-refractivity contribution in [3.8, 4) is 34.6 Å². The maximum Gasteiger partial charge on any atom is 0.204 e. The van der Waals surface area contributed by atoms with E-state index in [2.05, 4.69) is 27.2 Å². The lowest BCUT2D eigenvalue weighted by atomic mass is 9.98. The molecule has 1 saturated heterocycles. The molecular weight excluding hydrogens is 444 g/mol. The predicted octanol–water partition coefficient (Wildman–Crippen LogP) is 1.94. The number of fused-ring (bicyclic) bond motifs is 1. The first-order valence-corrected chi connectivity index (χ1v) is 11.2. The molecule has 9 heteroatoms. The smallest absolute Gasteiger partial charge is 0.204 e. The number of benzene rings is 2. The van der Waals surface area contributed by atoms with Gasteiger partial charge in [-0.15, -0.1) is 4.68 Å². The zero-order chi connectivity index (χ0) is 24.4. The highest BCUT2D eigenvalue weighted by atomic mass is 16.5. The van der Waals surface area contributed by atoms with Crippen LogP contribution in [-0.2, 0) is 7.05 Å². The molecule has 0 spiro atoms. The van der Waals surface area contributed by atoms with Gasteiger partial charge >= 0.3 is 0 Å². The van der Waals surface area contributed by atoms with Crippen molar-refractivity contribution >= 4 is 22.4 Å². The van der Waals surface area contributed by atoms with Gasteiger partial charge in [0.15, 0.2) is 7.05 Å². The molecule has 0 atom stereocenters. The molecule has 0 amide bonds. The Labute approximate surface area is 203 Å². The summed E-state index contributed by atoms with van der Waals surface area (Å²) in [6.07, 6.45) is 5.63. The van der Waals surface area contributed by atoms with Crippen LogP contribution in [0.25, 0.3) is 22.3 Å². The Balaban J connectivity index is 1.57. The lowest BCUT2D eigenvalue weighted by molar-refractivity contribution is -0.726. The van der Waals surface area contributed by atoms with Gasteiger partial charge in [0.1, 0.15) is 17.1 Å². The molecule has 5 rings (SSSR count). The summed E-state index contributed by atoms with van der Waals surface area (Å²) < 4.78 is 12.8. The second kappa shape index (κ2) is 9.25. The topological polar surface area (TPSA) is 99.4 Å². The molecule has 0 radical (unpaired) electrons. The Bertz CT molecular complexity index is 1410. The molecule has 9 nitrogen and oxygen atoms in total. The monoisotopic (exact) mass is 471 g/mol. The van der Waals surface area contributed by atoms with Gasteiger partial charge in [-0.25, -0.2) is 4.98 Å². The molecule has 35 heavy (non-hydrogen) atoms. The van der Waals surface area contributed by atoms with Gasteiger partial charge in [0, 0.05) is 42.7 Å². The summed E-state index contributed by atoms with van der Waals surface area (Å²) >= 11 is 0. The number of nitrogens with one attached hydrogen (secondary N) is 2. The standard InChI is InChI=1S/C26H26N6O3/c1-31-15-18(13-29-31)25-14-28-23-6-5-19(11-24(23)30-25)32(8-4-7-26(33)16-27-17-26)20-9-21(34-2)12-22(10-20)35-3/h5-6,9-15,27,33H,8,16-17H2,1-3H3/p+1. The number of anilines is 2. The predicted molar refractivity (Wildman–Crippen MR) is 133 cm³/mol. The average molecular weight is 472 g/mol. The van der Waals surface area contributed by atoms with Crippen molar-refractivity contribution in [1.82, 2.24) is 20.4 Å². The van der Waals surface area contributed by atoms with Gasteiger partial charge in [0.2, 0.25) is 6.20 Å². The highest BCUT2D eigenvalue weighted by molar-refractivity contribution is 5.83. The second-order valence-electron chi connectivity index (χ2n) is 8.49. The second-order valence-corrected chi connectivity index (χ2v) is 8.49. The maximum atomic E-state index is 10.4. The number of aryl methyl sites for hydroxylation is 1. The van der Waals surface area contributed by atoms with Crippen LogP contribution in [0.15, 0.2) is 55.0 Å². The number of methoxy groups -OCH3 is 2. The zero-order valence-electron chi connectivity index (χ0n) is 19.9. The van der Waals surface area contributed by atoms with E-state index in [9.17, 15) is 5.11 Å². The molecular formula is C26H27N6O3+. The minimum atomic E-state index is -0.978. The van der Waals surface area contributed by atoms with Crippen LogP contribution < -0.4 is 24.4 Å². The van der Waals surface area contributed by atoms with E-state index in [-0.39, 0.29) is 0 Å². The summed E-state index contributed by atoms with van der Waals surface area (Å²) in [7, 11) is 5.17. The highest BCUT2D eigenvalue weighted by Crippen LogP contribution is 2.34. The fraction of sp³-hybridized carbons (Fsp3) is 0.269. The number of β-amino-alcohol motifs (C(OH)–C–C–N with tert-alkyl or cyclic N) is 1. The molecule has 0 aliphatic carbocycles. The molecule has 3 N–H and O–H groups in total. The summed E-state index contributed by atoms with van der Waals surface area (Å²) in [6.45, 7) is 1.29. The third-order valence-corrected chi connectivity index (χ3v) is 5.93. The zero-order valence-corrected chi connectivity index (χ0v) is 19.9. The van der Waals surface area contributed by atoms with Crippen molar-refractivity contribution in [1.29, 1.82) is 0 Å². The van der Waals surface area contributed by atoms with E-state index in [0.29, 0.717) is 31.1 Å². The van der Waals surface area contributed by atoms with E-state index in [1.54, 1.807) is 20.4 Å². The molecule has 0 unspecified atom stereocenters. The van der Waals surface area contributed by atoms with E-state index in [1.165, 1.54) is 0 Å². The Kier molecular flexibility index (Phi) is 5.99. The van der Waals surface area contributed by atoms with Crippen molar-refractivity contribution in [2.24, 2.45) is 7.05 Å². The summed E-state index contributed by atoms with van der Waals surface area (Å²) in [5, 5.41) is 16.6. The van der Waals surface area contributed by atoms with E-state index >= 15 is 0 Å². The van der Waals surface area contributed by atoms with E-state index in [1.807, 2.05) is 65.4 Å². The average Bonchev–Trinajstić information content (AvgIpc) is 3.30. The van der Waals surface area contributed by atoms with Gasteiger partial charge in [-0.05, 0) is 18.2 Å². The number of aliphatic hydroxyl groups is 1. The van der Waals surface area contributed by atoms with Crippen molar-refractivity contribution in [2.75, 3.05) is 38.8 Å². The van der Waals surface area contributed by atoms with Gasteiger partial charge in [0.05, 0.1) is 55.4 Å². The van der Waals surface area contributed by atoms with E-state index < -0.39 is 5.60 Å². The largest absolute Gasteiger partial charge is 0.497 e. The van der Waals surface area contributed by atoms with Crippen molar-refractivity contribution < 1.29 is 19.3 Å². The van der Waals surface area contributed by atoms with Crippen LogP contribution in [0.4, 0.5) is 11.4 Å².